The summed E-state index contributed by atoms with van der Waals surface area (Å²) < 4.78 is 1.96. The third-order valence-electron chi connectivity index (χ3n) is 5.32. The molecule has 1 aliphatic heterocycles. The number of aromatic nitrogens is 2. The van der Waals surface area contributed by atoms with Gasteiger partial charge in [0.25, 0.3) is 0 Å². The van der Waals surface area contributed by atoms with Crippen molar-refractivity contribution in [3.63, 3.8) is 0 Å². The van der Waals surface area contributed by atoms with Crippen LogP contribution in [0, 0.1) is 11.8 Å². The molecule has 0 amide bonds. The average molecular weight is 291 g/mol. The number of piperidine rings is 1. The van der Waals surface area contributed by atoms with Crippen LogP contribution in [0.4, 0.5) is 0 Å². The molecule has 0 aromatic carbocycles. The summed E-state index contributed by atoms with van der Waals surface area (Å²) in [5.41, 5.74) is 2.38. The number of aliphatic hydroxyl groups is 1. The molecule has 0 radical (unpaired) electrons. The van der Waals surface area contributed by atoms with Crippen LogP contribution in [0.15, 0.2) is 6.07 Å². The van der Waals surface area contributed by atoms with Crippen LogP contribution in [0.2, 0.25) is 0 Å². The normalized spacial score (nSPS) is 22.9. The van der Waals surface area contributed by atoms with E-state index in [1.807, 2.05) is 11.7 Å². The largest absolute Gasteiger partial charge is 0.378 e. The molecule has 1 aromatic heterocycles. The minimum atomic E-state index is -0.361. The van der Waals surface area contributed by atoms with Gasteiger partial charge in [0.2, 0.25) is 0 Å². The molecule has 1 saturated carbocycles. The fourth-order valence-corrected chi connectivity index (χ4v) is 3.50. The molecule has 1 unspecified atom stereocenters. The summed E-state index contributed by atoms with van der Waals surface area (Å²) in [5, 5.41) is 15.1. The van der Waals surface area contributed by atoms with Gasteiger partial charge in [0.1, 0.15) is 6.23 Å². The van der Waals surface area contributed by atoms with E-state index in [9.17, 15) is 5.11 Å². The first kappa shape index (κ1) is 15.0. The second-order valence-electron chi connectivity index (χ2n) is 7.26. The number of hydrogen-bond donors (Lipinski definition) is 1. The van der Waals surface area contributed by atoms with E-state index in [4.69, 9.17) is 0 Å². The first-order valence-electron chi connectivity index (χ1n) is 8.49. The average Bonchev–Trinajstić information content (AvgIpc) is 3.25. The third kappa shape index (κ3) is 3.49. The molecule has 1 N–H and O–H groups in total. The highest BCUT2D eigenvalue weighted by Gasteiger charge is 2.29. The molecular weight excluding hydrogens is 262 g/mol. The Morgan fingerprint density at radius 2 is 1.90 bits per heavy atom. The zero-order chi connectivity index (χ0) is 15.0. The highest BCUT2D eigenvalue weighted by Crippen LogP contribution is 2.39. The first-order chi connectivity index (χ1) is 10.0. The predicted molar refractivity (Wildman–Crippen MR) is 84.0 cm³/mol. The van der Waals surface area contributed by atoms with Crippen molar-refractivity contribution in [2.24, 2.45) is 18.9 Å². The van der Waals surface area contributed by atoms with Crippen LogP contribution in [0.5, 0.6) is 0 Å². The van der Waals surface area contributed by atoms with Crippen molar-refractivity contribution in [3.05, 3.63) is 17.5 Å². The van der Waals surface area contributed by atoms with E-state index in [1.54, 1.807) is 0 Å². The predicted octanol–water partition coefficient (Wildman–Crippen LogP) is 2.53. The lowest BCUT2D eigenvalue weighted by molar-refractivity contribution is -0.0211. The molecule has 3 rings (SSSR count). The fourth-order valence-electron chi connectivity index (χ4n) is 3.50. The van der Waals surface area contributed by atoms with Crippen LogP contribution < -0.4 is 0 Å². The van der Waals surface area contributed by atoms with Gasteiger partial charge in [-0.1, -0.05) is 13.8 Å². The van der Waals surface area contributed by atoms with E-state index in [0.717, 1.165) is 30.6 Å². The molecular formula is C17H29N3O. The second kappa shape index (κ2) is 6.09. The number of hydrogen-bond acceptors (Lipinski definition) is 3. The smallest absolute Gasteiger partial charge is 0.112 e. The van der Waals surface area contributed by atoms with E-state index in [1.165, 1.54) is 31.4 Å². The van der Waals surface area contributed by atoms with Gasteiger partial charge in [-0.2, -0.15) is 5.10 Å². The SMILES string of the molecule is CC(C)C1CCN(C(O)Cc2cc(C3CC3)nn2C)CC1. The van der Waals surface area contributed by atoms with Crippen LogP contribution in [0.1, 0.15) is 56.8 Å². The molecule has 2 fully saturated rings. The van der Waals surface area contributed by atoms with E-state index >= 15 is 0 Å². The van der Waals surface area contributed by atoms with Crippen molar-refractivity contribution >= 4 is 0 Å². The Labute approximate surface area is 128 Å². The second-order valence-corrected chi connectivity index (χ2v) is 7.26. The first-order valence-corrected chi connectivity index (χ1v) is 8.49. The Bertz CT molecular complexity index is 470. The molecule has 2 aliphatic rings. The maximum absolute atomic E-state index is 10.5. The zero-order valence-corrected chi connectivity index (χ0v) is 13.6. The number of aryl methyl sites for hydroxylation is 1. The van der Waals surface area contributed by atoms with Gasteiger partial charge in [0.15, 0.2) is 0 Å². The summed E-state index contributed by atoms with van der Waals surface area (Å²) in [4.78, 5) is 2.24. The van der Waals surface area contributed by atoms with E-state index < -0.39 is 0 Å². The molecule has 1 saturated heterocycles. The maximum Gasteiger partial charge on any atom is 0.112 e. The molecule has 1 aliphatic carbocycles. The summed E-state index contributed by atoms with van der Waals surface area (Å²) in [6.45, 7) is 6.67. The molecule has 4 heteroatoms. The summed E-state index contributed by atoms with van der Waals surface area (Å²) in [6, 6.07) is 2.20. The molecule has 0 bridgehead atoms. The van der Waals surface area contributed by atoms with Gasteiger partial charge in [-0.05, 0) is 43.6 Å². The van der Waals surface area contributed by atoms with Crippen molar-refractivity contribution in [3.8, 4) is 0 Å². The zero-order valence-electron chi connectivity index (χ0n) is 13.6. The van der Waals surface area contributed by atoms with Gasteiger partial charge in [0, 0.05) is 38.2 Å². The number of nitrogens with zero attached hydrogens (tertiary/aromatic N) is 3. The van der Waals surface area contributed by atoms with E-state index in [0.29, 0.717) is 12.3 Å². The Morgan fingerprint density at radius 1 is 1.24 bits per heavy atom. The molecule has 4 nitrogen and oxygen atoms in total. The lowest BCUT2D eigenvalue weighted by Gasteiger charge is -2.36. The Hall–Kier alpha value is -0.870. The highest BCUT2D eigenvalue weighted by molar-refractivity contribution is 5.19. The number of aliphatic hydroxyl groups excluding tert-OH is 1. The number of likely N-dealkylation sites (tertiary alicyclic amines) is 1. The Kier molecular flexibility index (Phi) is 4.36. The topological polar surface area (TPSA) is 41.3 Å². The maximum atomic E-state index is 10.5. The van der Waals surface area contributed by atoms with Crippen molar-refractivity contribution in [1.29, 1.82) is 0 Å². The standard InChI is InChI=1S/C17H29N3O/c1-12(2)13-6-8-20(9-7-13)17(21)11-15-10-16(14-4-5-14)18-19(15)3/h10,12-14,17,21H,4-9,11H2,1-3H3. The summed E-state index contributed by atoms with van der Waals surface area (Å²) in [6.07, 6.45) is 5.33. The summed E-state index contributed by atoms with van der Waals surface area (Å²) in [5.74, 6) is 2.28. The van der Waals surface area contributed by atoms with Crippen molar-refractivity contribution < 1.29 is 5.11 Å². The highest BCUT2D eigenvalue weighted by atomic mass is 16.3. The number of rotatable bonds is 5. The van der Waals surface area contributed by atoms with Crippen molar-refractivity contribution in [2.45, 2.75) is 58.1 Å². The Morgan fingerprint density at radius 3 is 2.48 bits per heavy atom. The van der Waals surface area contributed by atoms with Gasteiger partial charge in [0.05, 0.1) is 5.69 Å². The van der Waals surface area contributed by atoms with E-state index in [-0.39, 0.29) is 6.23 Å². The lowest BCUT2D eigenvalue weighted by atomic mass is 9.86. The summed E-state index contributed by atoms with van der Waals surface area (Å²) in [7, 11) is 2.00. The van der Waals surface area contributed by atoms with Gasteiger partial charge < -0.3 is 5.11 Å². The van der Waals surface area contributed by atoms with Gasteiger partial charge in [-0.3, -0.25) is 9.58 Å². The van der Waals surface area contributed by atoms with Crippen LogP contribution in [0.25, 0.3) is 0 Å². The van der Waals surface area contributed by atoms with Crippen molar-refractivity contribution in [2.75, 3.05) is 13.1 Å². The molecule has 0 spiro atoms. The monoisotopic (exact) mass is 291 g/mol. The van der Waals surface area contributed by atoms with Gasteiger partial charge in [-0.15, -0.1) is 0 Å². The van der Waals surface area contributed by atoms with E-state index in [2.05, 4.69) is 29.9 Å². The molecule has 21 heavy (non-hydrogen) atoms. The molecule has 2 heterocycles. The molecule has 1 atom stereocenters. The van der Waals surface area contributed by atoms with Gasteiger partial charge in [-0.25, -0.2) is 0 Å². The third-order valence-corrected chi connectivity index (χ3v) is 5.32. The van der Waals surface area contributed by atoms with Crippen molar-refractivity contribution in [1.82, 2.24) is 14.7 Å². The minimum Gasteiger partial charge on any atom is -0.378 e. The van der Waals surface area contributed by atoms with Crippen LogP contribution in [-0.2, 0) is 13.5 Å². The molecule has 1 aromatic rings. The Balaban J connectivity index is 1.55. The fraction of sp³-hybridized carbons (Fsp3) is 0.824. The minimum absolute atomic E-state index is 0.361. The summed E-state index contributed by atoms with van der Waals surface area (Å²) >= 11 is 0. The van der Waals surface area contributed by atoms with Crippen LogP contribution in [0.3, 0.4) is 0 Å². The van der Waals surface area contributed by atoms with Crippen LogP contribution in [-0.4, -0.2) is 39.1 Å². The lowest BCUT2D eigenvalue weighted by Crippen LogP contribution is -2.43. The molecule has 118 valence electrons. The van der Waals surface area contributed by atoms with Gasteiger partial charge >= 0.3 is 0 Å². The quantitative estimate of drug-likeness (QED) is 0.906. The van der Waals surface area contributed by atoms with Crippen LogP contribution >= 0.6 is 0 Å².